The van der Waals surface area contributed by atoms with E-state index in [9.17, 15) is 61.0 Å². The van der Waals surface area contributed by atoms with E-state index in [1.165, 1.54) is 0 Å². The fraction of sp³-hybridized carbons (Fsp3) is 0.875. The number of aliphatic hydroxyl groups excluding tert-OH is 11. The molecule has 3 rings (SSSR count). The minimum atomic E-state index is -1.97. The summed E-state index contributed by atoms with van der Waals surface area (Å²) in [4.78, 5) is 12.9. The summed E-state index contributed by atoms with van der Waals surface area (Å²) in [5, 5.41) is 118. The average molecular weight is 854 g/mol. The zero-order chi connectivity index (χ0) is 43.5. The lowest BCUT2D eigenvalue weighted by Gasteiger charge is -2.48. The second kappa shape index (κ2) is 27.4. The topological polar surface area (TPSA) is 307 Å². The van der Waals surface area contributed by atoms with Crippen LogP contribution in [-0.4, -0.2) is 193 Å². The first-order valence-electron chi connectivity index (χ1n) is 21.1. The van der Waals surface area contributed by atoms with Crippen LogP contribution >= 0.6 is 0 Å². The van der Waals surface area contributed by atoms with Gasteiger partial charge in [-0.25, -0.2) is 0 Å². The number of hydrogen-bond donors (Lipinski definition) is 12. The molecule has 0 bridgehead atoms. The van der Waals surface area contributed by atoms with Crippen molar-refractivity contribution in [3.05, 3.63) is 24.3 Å². The molecule has 3 heterocycles. The van der Waals surface area contributed by atoms with Crippen molar-refractivity contribution in [2.75, 3.05) is 26.4 Å². The third-order valence-electron chi connectivity index (χ3n) is 10.8. The van der Waals surface area contributed by atoms with Gasteiger partial charge in [-0.3, -0.25) is 4.79 Å². The molecule has 0 aromatic rings. The van der Waals surface area contributed by atoms with Gasteiger partial charge in [0.25, 0.3) is 0 Å². The maximum absolute atomic E-state index is 12.9. The molecule has 3 aliphatic heterocycles. The molecule has 3 fully saturated rings. The highest BCUT2D eigenvalue weighted by Crippen LogP contribution is 2.32. The maximum Gasteiger partial charge on any atom is 0.220 e. The number of rotatable bonds is 26. The number of aliphatic hydroxyl groups is 11. The number of unbranched alkanes of at least 4 members (excludes halogenated alkanes) is 8. The lowest BCUT2D eigenvalue weighted by molar-refractivity contribution is -0.379. The monoisotopic (exact) mass is 853 g/mol. The zero-order valence-electron chi connectivity index (χ0n) is 34.2. The largest absolute Gasteiger partial charge is 0.394 e. The van der Waals surface area contributed by atoms with Gasteiger partial charge in [-0.2, -0.15) is 0 Å². The fourth-order valence-corrected chi connectivity index (χ4v) is 7.07. The Hall–Kier alpha value is -1.73. The first-order valence-corrected chi connectivity index (χ1v) is 21.1. The minimum absolute atomic E-state index is 0.232. The van der Waals surface area contributed by atoms with Gasteiger partial charge in [-0.05, 0) is 25.7 Å². The van der Waals surface area contributed by atoms with Gasteiger partial charge < -0.3 is 89.9 Å². The van der Waals surface area contributed by atoms with Crippen molar-refractivity contribution in [3.63, 3.8) is 0 Å². The Balaban J connectivity index is 1.64. The molecule has 3 saturated heterocycles. The van der Waals surface area contributed by atoms with Crippen LogP contribution in [0.3, 0.4) is 0 Å². The number of amides is 1. The number of ether oxygens (including phenoxy) is 6. The second-order valence-electron chi connectivity index (χ2n) is 15.4. The quantitative estimate of drug-likeness (QED) is 0.0335. The van der Waals surface area contributed by atoms with Crippen LogP contribution in [0.1, 0.15) is 90.9 Å². The van der Waals surface area contributed by atoms with E-state index in [4.69, 9.17) is 28.4 Å². The summed E-state index contributed by atoms with van der Waals surface area (Å²) in [6, 6.07) is -0.978. The van der Waals surface area contributed by atoms with E-state index in [0.29, 0.717) is 12.8 Å². The summed E-state index contributed by atoms with van der Waals surface area (Å²) in [6.45, 7) is 1.46. The van der Waals surface area contributed by atoms with Gasteiger partial charge in [0.05, 0.1) is 38.6 Å². The highest BCUT2D eigenvalue weighted by Gasteiger charge is 2.53. The highest BCUT2D eigenvalue weighted by molar-refractivity contribution is 5.76. The van der Waals surface area contributed by atoms with Crippen molar-refractivity contribution in [2.24, 2.45) is 0 Å². The molecule has 0 radical (unpaired) electrons. The normalized spacial score (nSPS) is 36.6. The van der Waals surface area contributed by atoms with Crippen LogP contribution in [0.4, 0.5) is 0 Å². The third-order valence-corrected chi connectivity index (χ3v) is 10.8. The summed E-state index contributed by atoms with van der Waals surface area (Å²) in [6.07, 6.45) is -8.54. The molecule has 0 spiro atoms. The van der Waals surface area contributed by atoms with E-state index < -0.39 is 124 Å². The summed E-state index contributed by atoms with van der Waals surface area (Å²) >= 11 is 0. The number of nitrogens with one attached hydrogen (secondary N) is 1. The van der Waals surface area contributed by atoms with Gasteiger partial charge in [0, 0.05) is 6.42 Å². The van der Waals surface area contributed by atoms with Crippen LogP contribution in [0.25, 0.3) is 0 Å². The van der Waals surface area contributed by atoms with Crippen LogP contribution in [0, 0.1) is 0 Å². The molecule has 19 nitrogen and oxygen atoms in total. The Labute approximate surface area is 346 Å². The van der Waals surface area contributed by atoms with Crippen molar-refractivity contribution in [1.29, 1.82) is 0 Å². The van der Waals surface area contributed by atoms with Gasteiger partial charge in [0.2, 0.25) is 5.91 Å². The van der Waals surface area contributed by atoms with E-state index >= 15 is 0 Å². The van der Waals surface area contributed by atoms with Gasteiger partial charge >= 0.3 is 0 Å². The molecule has 17 atom stereocenters. The van der Waals surface area contributed by atoms with E-state index in [0.717, 1.165) is 57.8 Å². The molecular formula is C40H71NO18. The lowest BCUT2D eigenvalue weighted by atomic mass is 9.96. The van der Waals surface area contributed by atoms with E-state index in [1.807, 2.05) is 0 Å². The van der Waals surface area contributed by atoms with Crippen LogP contribution < -0.4 is 5.32 Å². The Bertz CT molecular complexity index is 1210. The number of hydrogen-bond acceptors (Lipinski definition) is 18. The van der Waals surface area contributed by atoms with Gasteiger partial charge in [-0.1, -0.05) is 83.1 Å². The smallest absolute Gasteiger partial charge is 0.220 e. The van der Waals surface area contributed by atoms with Gasteiger partial charge in [0.15, 0.2) is 18.9 Å². The molecule has 3 aliphatic rings. The van der Waals surface area contributed by atoms with Crippen LogP contribution in [0.2, 0.25) is 0 Å². The fourth-order valence-electron chi connectivity index (χ4n) is 7.07. The Kier molecular flexibility index (Phi) is 23.9. The molecule has 59 heavy (non-hydrogen) atoms. The average Bonchev–Trinajstić information content (AvgIpc) is 3.23. The molecule has 0 aliphatic carbocycles. The summed E-state index contributed by atoms with van der Waals surface area (Å²) < 4.78 is 33.8. The van der Waals surface area contributed by atoms with Gasteiger partial charge in [0.1, 0.15) is 73.2 Å². The van der Waals surface area contributed by atoms with Crippen molar-refractivity contribution in [1.82, 2.24) is 5.32 Å². The van der Waals surface area contributed by atoms with Crippen LogP contribution in [0.5, 0.6) is 0 Å². The molecule has 0 aromatic carbocycles. The lowest BCUT2D eigenvalue weighted by Crippen LogP contribution is -2.66. The summed E-state index contributed by atoms with van der Waals surface area (Å²) in [5.41, 5.74) is 0. The molecule has 19 heteroatoms. The van der Waals surface area contributed by atoms with Crippen molar-refractivity contribution < 1.29 is 89.4 Å². The molecule has 344 valence electrons. The molecule has 0 saturated carbocycles. The SMILES string of the molecule is CCCC/C=C/CC/C=C/C(O)C(COC1OC(CO)C(OC2OC(CO)C(OC3OC(CO)C(O)C(O)C3O)C(O)C2O)C(O)C1O)NC(=O)CCCCCCCC. The first kappa shape index (κ1) is 51.6. The first-order chi connectivity index (χ1) is 28.3. The van der Waals surface area contributed by atoms with Crippen LogP contribution in [0.15, 0.2) is 24.3 Å². The molecule has 0 aromatic heterocycles. The summed E-state index contributed by atoms with van der Waals surface area (Å²) in [7, 11) is 0. The van der Waals surface area contributed by atoms with E-state index in [-0.39, 0.29) is 18.9 Å². The standard InChI is InChI=1S/C40H71NO18/c1-3-5-7-9-11-12-13-15-17-24(45)23(41-28(46)18-16-14-10-8-6-4-2)22-54-38-34(52)31(49)36(26(20-43)56-38)59-40-35(53)32(50)37(27(21-44)57-40)58-39-33(51)30(48)29(47)25(19-42)55-39/h9,11,15,17,23-27,29-40,42-45,47-53H,3-8,10,12-14,16,18-22H2,1-2H3,(H,41,46)/b11-9+,17-15+. The second-order valence-corrected chi connectivity index (χ2v) is 15.4. The third kappa shape index (κ3) is 15.5. The van der Waals surface area contributed by atoms with E-state index in [1.54, 1.807) is 12.2 Å². The Morgan fingerprint density at radius 2 is 1.08 bits per heavy atom. The van der Waals surface area contributed by atoms with Crippen molar-refractivity contribution in [3.8, 4) is 0 Å². The van der Waals surface area contributed by atoms with Crippen LogP contribution in [-0.2, 0) is 33.2 Å². The molecular weight excluding hydrogens is 782 g/mol. The predicted molar refractivity (Wildman–Crippen MR) is 208 cm³/mol. The Morgan fingerprint density at radius 1 is 0.593 bits per heavy atom. The highest BCUT2D eigenvalue weighted by atomic mass is 16.8. The Morgan fingerprint density at radius 3 is 1.68 bits per heavy atom. The number of allylic oxidation sites excluding steroid dienone is 3. The van der Waals surface area contributed by atoms with Crippen molar-refractivity contribution >= 4 is 5.91 Å². The number of carbonyl (C=O) groups excluding carboxylic acids is 1. The minimum Gasteiger partial charge on any atom is -0.394 e. The van der Waals surface area contributed by atoms with Gasteiger partial charge in [-0.15, -0.1) is 0 Å². The molecule has 12 N–H and O–H groups in total. The number of carbonyl (C=O) groups is 1. The van der Waals surface area contributed by atoms with E-state index in [2.05, 4.69) is 31.3 Å². The maximum atomic E-state index is 12.9. The van der Waals surface area contributed by atoms with Crippen molar-refractivity contribution in [2.45, 2.75) is 195 Å². The summed E-state index contributed by atoms with van der Waals surface area (Å²) in [5.74, 6) is -0.303. The zero-order valence-corrected chi connectivity index (χ0v) is 34.2. The molecule has 17 unspecified atom stereocenters. The predicted octanol–water partition coefficient (Wildman–Crippen LogP) is -1.87. The molecule has 1 amide bonds.